The third kappa shape index (κ3) is 2.60. The molecule has 128 valence electrons. The number of nitrogens with zero attached hydrogens (tertiary/aromatic N) is 3. The molecule has 1 saturated carbocycles. The minimum Gasteiger partial charge on any atom is -0.369 e. The largest absolute Gasteiger partial charge is 0.369 e. The standard InChI is InChI=1S/C17H24N6O/c1-11-7-6-8-12(14(24)20-2)13(11)23-16(19)21-15(18)22-17(23)9-4-3-5-10-17/h6-8H,3-5,9-10H2,1-2H3,(H,20,24)(H4,18,19,21,22). The van der Waals surface area contributed by atoms with Crippen LogP contribution in [0.5, 0.6) is 0 Å². The zero-order valence-electron chi connectivity index (χ0n) is 14.2. The summed E-state index contributed by atoms with van der Waals surface area (Å²) in [4.78, 5) is 23.2. The smallest absolute Gasteiger partial charge is 0.253 e. The Kier molecular flexibility index (Phi) is 4.17. The summed E-state index contributed by atoms with van der Waals surface area (Å²) in [6.07, 6.45) is 4.93. The van der Waals surface area contributed by atoms with E-state index in [1.54, 1.807) is 13.1 Å². The fourth-order valence-corrected chi connectivity index (χ4v) is 3.72. The molecule has 2 aliphatic rings. The van der Waals surface area contributed by atoms with Crippen LogP contribution in [0.4, 0.5) is 5.69 Å². The number of anilines is 1. The zero-order valence-corrected chi connectivity index (χ0v) is 14.2. The number of guanidine groups is 2. The summed E-state index contributed by atoms with van der Waals surface area (Å²) in [7, 11) is 1.62. The third-order valence-corrected chi connectivity index (χ3v) is 4.78. The number of nitrogens with two attached hydrogens (primary N) is 2. The molecular formula is C17H24N6O. The highest BCUT2D eigenvalue weighted by atomic mass is 16.1. The molecule has 1 aromatic carbocycles. The van der Waals surface area contributed by atoms with Gasteiger partial charge in [0, 0.05) is 7.05 Å². The van der Waals surface area contributed by atoms with Crippen LogP contribution in [0.3, 0.4) is 0 Å². The maximum absolute atomic E-state index is 12.4. The molecule has 0 atom stereocenters. The molecule has 7 nitrogen and oxygen atoms in total. The highest BCUT2D eigenvalue weighted by Crippen LogP contribution is 2.41. The molecule has 0 saturated heterocycles. The number of para-hydroxylation sites is 1. The van der Waals surface area contributed by atoms with E-state index in [0.29, 0.717) is 11.5 Å². The average Bonchev–Trinajstić information content (AvgIpc) is 2.55. The number of hydrogen-bond donors (Lipinski definition) is 3. The lowest BCUT2D eigenvalue weighted by molar-refractivity contribution is 0.0963. The van der Waals surface area contributed by atoms with E-state index in [4.69, 9.17) is 11.5 Å². The summed E-state index contributed by atoms with van der Waals surface area (Å²) in [6.45, 7) is 1.97. The number of rotatable bonds is 2. The van der Waals surface area contributed by atoms with Crippen molar-refractivity contribution in [2.24, 2.45) is 21.5 Å². The van der Waals surface area contributed by atoms with Crippen molar-refractivity contribution < 1.29 is 4.79 Å². The number of carbonyl (C=O) groups excluding carboxylic acids is 1. The monoisotopic (exact) mass is 328 g/mol. The molecule has 1 amide bonds. The molecule has 24 heavy (non-hydrogen) atoms. The van der Waals surface area contributed by atoms with Gasteiger partial charge in [-0.3, -0.25) is 9.69 Å². The molecule has 0 aromatic heterocycles. The molecule has 1 aromatic rings. The van der Waals surface area contributed by atoms with E-state index in [2.05, 4.69) is 15.3 Å². The summed E-state index contributed by atoms with van der Waals surface area (Å²) >= 11 is 0. The Hall–Kier alpha value is -2.57. The van der Waals surface area contributed by atoms with Gasteiger partial charge in [-0.25, -0.2) is 4.99 Å². The van der Waals surface area contributed by atoms with Gasteiger partial charge in [-0.2, -0.15) is 4.99 Å². The SMILES string of the molecule is CNC(=O)c1cccc(C)c1N1C(N)=NC(N)=NC12CCCCC2. The highest BCUT2D eigenvalue weighted by molar-refractivity contribution is 6.10. The molecule has 1 heterocycles. The second-order valence-electron chi connectivity index (χ2n) is 6.37. The summed E-state index contributed by atoms with van der Waals surface area (Å²) in [5.74, 6) is 0.347. The lowest BCUT2D eigenvalue weighted by atomic mass is 9.86. The highest BCUT2D eigenvalue weighted by Gasteiger charge is 2.44. The van der Waals surface area contributed by atoms with Crippen molar-refractivity contribution in [1.82, 2.24) is 5.32 Å². The Bertz CT molecular complexity index is 718. The van der Waals surface area contributed by atoms with Gasteiger partial charge in [0.1, 0.15) is 5.66 Å². The lowest BCUT2D eigenvalue weighted by Gasteiger charge is -2.46. The normalized spacial score (nSPS) is 19.7. The van der Waals surface area contributed by atoms with Crippen LogP contribution in [0.1, 0.15) is 48.0 Å². The van der Waals surface area contributed by atoms with Crippen molar-refractivity contribution in [3.63, 3.8) is 0 Å². The van der Waals surface area contributed by atoms with Crippen molar-refractivity contribution >= 4 is 23.5 Å². The van der Waals surface area contributed by atoms with Crippen LogP contribution in [-0.4, -0.2) is 30.5 Å². The van der Waals surface area contributed by atoms with E-state index in [-0.39, 0.29) is 11.9 Å². The summed E-state index contributed by atoms with van der Waals surface area (Å²) in [6, 6.07) is 5.63. The molecule has 1 fully saturated rings. The van der Waals surface area contributed by atoms with Crippen molar-refractivity contribution in [3.05, 3.63) is 29.3 Å². The molecular weight excluding hydrogens is 304 g/mol. The number of benzene rings is 1. The first kappa shape index (κ1) is 16.3. The summed E-state index contributed by atoms with van der Waals surface area (Å²) < 4.78 is 0. The molecule has 0 unspecified atom stereocenters. The van der Waals surface area contributed by atoms with E-state index in [1.165, 1.54) is 0 Å². The fourth-order valence-electron chi connectivity index (χ4n) is 3.72. The Morgan fingerprint density at radius 3 is 2.62 bits per heavy atom. The van der Waals surface area contributed by atoms with Gasteiger partial charge in [-0.1, -0.05) is 18.6 Å². The number of aliphatic imine (C=N–C) groups is 2. The molecule has 3 rings (SSSR count). The maximum atomic E-state index is 12.4. The van der Waals surface area contributed by atoms with Gasteiger partial charge in [-0.05, 0) is 44.2 Å². The minimum absolute atomic E-state index is 0.157. The van der Waals surface area contributed by atoms with Gasteiger partial charge in [-0.15, -0.1) is 0 Å². The Balaban J connectivity index is 2.20. The lowest BCUT2D eigenvalue weighted by Crippen LogP contribution is -2.59. The Morgan fingerprint density at radius 2 is 1.96 bits per heavy atom. The van der Waals surface area contributed by atoms with E-state index in [0.717, 1.165) is 43.4 Å². The van der Waals surface area contributed by atoms with Gasteiger partial charge in [0.25, 0.3) is 5.91 Å². The van der Waals surface area contributed by atoms with Crippen molar-refractivity contribution in [3.8, 4) is 0 Å². The van der Waals surface area contributed by atoms with Crippen LogP contribution >= 0.6 is 0 Å². The van der Waals surface area contributed by atoms with E-state index in [1.807, 2.05) is 24.0 Å². The predicted molar refractivity (Wildman–Crippen MR) is 96.1 cm³/mol. The average molecular weight is 328 g/mol. The van der Waals surface area contributed by atoms with Crippen molar-refractivity contribution in [2.45, 2.75) is 44.7 Å². The molecule has 0 bridgehead atoms. The quantitative estimate of drug-likeness (QED) is 0.763. The second kappa shape index (κ2) is 6.14. The molecule has 1 aliphatic carbocycles. The van der Waals surface area contributed by atoms with Gasteiger partial charge in [0.15, 0.2) is 0 Å². The van der Waals surface area contributed by atoms with Gasteiger partial charge in [0.2, 0.25) is 11.9 Å². The first-order chi connectivity index (χ1) is 11.5. The van der Waals surface area contributed by atoms with Crippen LogP contribution in [-0.2, 0) is 0 Å². The van der Waals surface area contributed by atoms with Crippen molar-refractivity contribution in [1.29, 1.82) is 0 Å². The second-order valence-corrected chi connectivity index (χ2v) is 6.37. The molecule has 1 spiro atoms. The summed E-state index contributed by atoms with van der Waals surface area (Å²) in [5, 5.41) is 2.70. The molecule has 7 heteroatoms. The number of amides is 1. The van der Waals surface area contributed by atoms with Crippen LogP contribution in [0, 0.1) is 6.92 Å². The van der Waals surface area contributed by atoms with E-state index in [9.17, 15) is 4.79 Å². The first-order valence-electron chi connectivity index (χ1n) is 8.30. The fraction of sp³-hybridized carbons (Fsp3) is 0.471. The Labute approximate surface area is 141 Å². The van der Waals surface area contributed by atoms with Crippen LogP contribution in [0.2, 0.25) is 0 Å². The van der Waals surface area contributed by atoms with Crippen LogP contribution < -0.4 is 21.7 Å². The van der Waals surface area contributed by atoms with Gasteiger partial charge in [0.05, 0.1) is 11.3 Å². The topological polar surface area (TPSA) is 109 Å². The van der Waals surface area contributed by atoms with E-state index >= 15 is 0 Å². The van der Waals surface area contributed by atoms with Crippen molar-refractivity contribution in [2.75, 3.05) is 11.9 Å². The molecule has 0 radical (unpaired) electrons. The van der Waals surface area contributed by atoms with Gasteiger partial charge >= 0.3 is 0 Å². The summed E-state index contributed by atoms with van der Waals surface area (Å²) in [5.41, 5.74) is 13.9. The number of hydrogen-bond acceptors (Lipinski definition) is 6. The van der Waals surface area contributed by atoms with Crippen LogP contribution in [0.25, 0.3) is 0 Å². The van der Waals surface area contributed by atoms with E-state index < -0.39 is 5.66 Å². The predicted octanol–water partition coefficient (Wildman–Crippen LogP) is 1.46. The first-order valence-corrected chi connectivity index (χ1v) is 8.30. The zero-order chi connectivity index (χ0) is 17.3. The molecule has 1 aliphatic heterocycles. The Morgan fingerprint density at radius 1 is 1.25 bits per heavy atom. The number of aryl methyl sites for hydroxylation is 1. The molecule has 5 N–H and O–H groups in total. The number of carbonyl (C=O) groups is 1. The maximum Gasteiger partial charge on any atom is 0.253 e. The van der Waals surface area contributed by atoms with Gasteiger partial charge < -0.3 is 16.8 Å². The van der Waals surface area contributed by atoms with Crippen LogP contribution in [0.15, 0.2) is 28.2 Å². The minimum atomic E-state index is -0.553. The number of nitrogens with one attached hydrogen (secondary N) is 1. The third-order valence-electron chi connectivity index (χ3n) is 4.78.